The summed E-state index contributed by atoms with van der Waals surface area (Å²) in [6, 6.07) is 23.0. The van der Waals surface area contributed by atoms with Gasteiger partial charge in [-0.2, -0.15) is 8.42 Å². The van der Waals surface area contributed by atoms with E-state index in [-0.39, 0.29) is 24.3 Å². The SMILES string of the molecule is CCC1CCC(C(Cc2ccc(C(=O)NCCS(=O)(=O)O)cc2)C(=O)Nc2ccc(-c3nc4ccccc4s3)cc2)CC1. The predicted octanol–water partition coefficient (Wildman–Crippen LogP) is 6.59. The Labute approximate surface area is 256 Å². The van der Waals surface area contributed by atoms with E-state index in [1.165, 1.54) is 6.42 Å². The van der Waals surface area contributed by atoms with Crippen molar-refractivity contribution in [1.29, 1.82) is 0 Å². The van der Waals surface area contributed by atoms with Gasteiger partial charge in [-0.15, -0.1) is 11.3 Å². The lowest BCUT2D eigenvalue weighted by molar-refractivity contribution is -0.122. The Morgan fingerprint density at radius 1 is 0.977 bits per heavy atom. The van der Waals surface area contributed by atoms with E-state index in [2.05, 4.69) is 23.6 Å². The molecule has 0 spiro atoms. The lowest BCUT2D eigenvalue weighted by atomic mass is 9.73. The number of benzene rings is 3. The summed E-state index contributed by atoms with van der Waals surface area (Å²) < 4.78 is 31.8. The number of anilines is 1. The van der Waals surface area contributed by atoms with Crippen LogP contribution in [0.25, 0.3) is 20.8 Å². The molecule has 0 radical (unpaired) electrons. The molecule has 1 aliphatic rings. The molecule has 1 atom stereocenters. The van der Waals surface area contributed by atoms with Gasteiger partial charge in [0.25, 0.3) is 16.0 Å². The van der Waals surface area contributed by atoms with Gasteiger partial charge in [0.05, 0.1) is 16.0 Å². The zero-order valence-electron chi connectivity index (χ0n) is 24.2. The average Bonchev–Trinajstić information content (AvgIpc) is 3.44. The number of fused-ring (bicyclic) bond motifs is 1. The fourth-order valence-electron chi connectivity index (χ4n) is 5.84. The van der Waals surface area contributed by atoms with Crippen molar-refractivity contribution in [3.8, 4) is 10.6 Å². The van der Waals surface area contributed by atoms with Crippen LogP contribution < -0.4 is 10.6 Å². The molecule has 8 nitrogen and oxygen atoms in total. The molecule has 0 bridgehead atoms. The quantitative estimate of drug-likeness (QED) is 0.163. The van der Waals surface area contributed by atoms with Crippen LogP contribution in [0.4, 0.5) is 5.69 Å². The monoisotopic (exact) mass is 619 g/mol. The molecular weight excluding hydrogens is 583 g/mol. The minimum atomic E-state index is -4.14. The van der Waals surface area contributed by atoms with E-state index in [0.29, 0.717) is 17.9 Å². The second-order valence-electron chi connectivity index (χ2n) is 11.3. The van der Waals surface area contributed by atoms with Crippen molar-refractivity contribution in [1.82, 2.24) is 10.3 Å². The fourth-order valence-corrected chi connectivity index (χ4v) is 7.17. The van der Waals surface area contributed by atoms with Crippen molar-refractivity contribution in [2.75, 3.05) is 17.6 Å². The van der Waals surface area contributed by atoms with Crippen molar-refractivity contribution in [2.24, 2.45) is 17.8 Å². The van der Waals surface area contributed by atoms with Crippen LogP contribution in [-0.4, -0.2) is 42.1 Å². The number of hydrogen-bond donors (Lipinski definition) is 3. The summed E-state index contributed by atoms with van der Waals surface area (Å²) in [4.78, 5) is 30.9. The smallest absolute Gasteiger partial charge is 0.266 e. The van der Waals surface area contributed by atoms with E-state index in [1.807, 2.05) is 54.6 Å². The van der Waals surface area contributed by atoms with Gasteiger partial charge in [0.15, 0.2) is 0 Å². The molecule has 1 heterocycles. The van der Waals surface area contributed by atoms with Gasteiger partial charge in [0, 0.05) is 29.3 Å². The van der Waals surface area contributed by atoms with Gasteiger partial charge in [-0.05, 0) is 85.2 Å². The Kier molecular flexibility index (Phi) is 9.90. The van der Waals surface area contributed by atoms with Crippen LogP contribution in [0.5, 0.6) is 0 Å². The van der Waals surface area contributed by atoms with Gasteiger partial charge in [-0.25, -0.2) is 4.98 Å². The summed E-state index contributed by atoms with van der Waals surface area (Å²) in [5, 5.41) is 6.61. The molecule has 2 amide bonds. The largest absolute Gasteiger partial charge is 0.351 e. The van der Waals surface area contributed by atoms with E-state index in [9.17, 15) is 18.0 Å². The van der Waals surface area contributed by atoms with Gasteiger partial charge in [0.1, 0.15) is 5.01 Å². The van der Waals surface area contributed by atoms with E-state index in [1.54, 1.807) is 23.5 Å². The molecule has 1 fully saturated rings. The second-order valence-corrected chi connectivity index (χ2v) is 13.9. The number of carbonyl (C=O) groups is 2. The summed E-state index contributed by atoms with van der Waals surface area (Å²) in [5.74, 6) is -0.187. The molecule has 4 aromatic rings. The maximum absolute atomic E-state index is 13.8. The first-order chi connectivity index (χ1) is 20.7. The van der Waals surface area contributed by atoms with Crippen LogP contribution in [0.2, 0.25) is 0 Å². The standard InChI is InChI=1S/C33H37N3O5S2/c1-2-22-7-11-24(12-8-22)28(21-23-9-13-25(14-10-23)31(37)34-19-20-43(39,40)41)32(38)35-27-17-15-26(16-18-27)33-36-29-5-3-4-6-30(29)42-33/h3-6,9-10,13-18,22,24,28H,2,7-8,11-12,19-21H2,1H3,(H,34,37)(H,35,38)(H,39,40,41). The molecule has 0 aliphatic heterocycles. The lowest BCUT2D eigenvalue weighted by Crippen LogP contribution is -2.33. The third-order valence-corrected chi connectivity index (χ3v) is 10.2. The van der Waals surface area contributed by atoms with E-state index in [4.69, 9.17) is 9.54 Å². The number of para-hydroxylation sites is 1. The third kappa shape index (κ3) is 8.28. The molecule has 1 aromatic heterocycles. The van der Waals surface area contributed by atoms with E-state index in [0.717, 1.165) is 57.7 Å². The van der Waals surface area contributed by atoms with Crippen LogP contribution >= 0.6 is 11.3 Å². The Bertz CT molecular complexity index is 1630. The van der Waals surface area contributed by atoms with Crippen molar-refractivity contribution in [2.45, 2.75) is 45.4 Å². The fraction of sp³-hybridized carbons (Fsp3) is 0.364. The number of rotatable bonds is 11. The van der Waals surface area contributed by atoms with Crippen molar-refractivity contribution < 1.29 is 22.6 Å². The highest BCUT2D eigenvalue weighted by molar-refractivity contribution is 7.85. The Hall–Kier alpha value is -3.60. The minimum Gasteiger partial charge on any atom is -0.351 e. The maximum atomic E-state index is 13.8. The number of hydrogen-bond acceptors (Lipinski definition) is 6. The van der Waals surface area contributed by atoms with Crippen molar-refractivity contribution in [3.05, 3.63) is 83.9 Å². The molecule has 43 heavy (non-hydrogen) atoms. The maximum Gasteiger partial charge on any atom is 0.266 e. The van der Waals surface area contributed by atoms with Gasteiger partial charge >= 0.3 is 0 Å². The normalized spacial score (nSPS) is 17.8. The van der Waals surface area contributed by atoms with Crippen LogP contribution in [0.3, 0.4) is 0 Å². The molecule has 10 heteroatoms. The molecule has 5 rings (SSSR count). The van der Waals surface area contributed by atoms with E-state index < -0.39 is 21.8 Å². The molecule has 3 aromatic carbocycles. The van der Waals surface area contributed by atoms with Gasteiger partial charge in [-0.3, -0.25) is 14.1 Å². The zero-order valence-corrected chi connectivity index (χ0v) is 25.8. The van der Waals surface area contributed by atoms with Gasteiger partial charge in [-0.1, -0.05) is 50.5 Å². The number of nitrogens with zero attached hydrogens (tertiary/aromatic N) is 1. The highest BCUT2D eigenvalue weighted by atomic mass is 32.2. The van der Waals surface area contributed by atoms with Crippen LogP contribution in [0.1, 0.15) is 54.9 Å². The highest BCUT2D eigenvalue weighted by Crippen LogP contribution is 2.37. The van der Waals surface area contributed by atoms with Crippen LogP contribution in [0, 0.1) is 17.8 Å². The summed E-state index contributed by atoms with van der Waals surface area (Å²) >= 11 is 1.65. The first-order valence-electron chi connectivity index (χ1n) is 14.8. The Morgan fingerprint density at radius 3 is 2.33 bits per heavy atom. The van der Waals surface area contributed by atoms with Gasteiger partial charge in [0.2, 0.25) is 5.91 Å². The lowest BCUT2D eigenvalue weighted by Gasteiger charge is -2.33. The number of thiazole rings is 1. The first-order valence-corrected chi connectivity index (χ1v) is 17.2. The molecule has 1 aliphatic carbocycles. The molecule has 1 saturated carbocycles. The number of carbonyl (C=O) groups excluding carboxylic acids is 2. The summed E-state index contributed by atoms with van der Waals surface area (Å²) in [6.07, 6.45) is 6.01. The Balaban J connectivity index is 1.27. The van der Waals surface area contributed by atoms with Crippen molar-refractivity contribution in [3.63, 3.8) is 0 Å². The highest BCUT2D eigenvalue weighted by Gasteiger charge is 2.32. The second kappa shape index (κ2) is 13.8. The molecule has 226 valence electrons. The average molecular weight is 620 g/mol. The molecule has 0 saturated heterocycles. The molecular formula is C33H37N3O5S2. The number of amides is 2. The first kappa shape index (κ1) is 30.8. The predicted molar refractivity (Wildman–Crippen MR) is 172 cm³/mol. The number of aromatic nitrogens is 1. The summed E-state index contributed by atoms with van der Waals surface area (Å²) in [6.45, 7) is 2.05. The van der Waals surface area contributed by atoms with Crippen molar-refractivity contribution >= 4 is 49.2 Å². The van der Waals surface area contributed by atoms with Crippen LogP contribution in [-0.2, 0) is 21.3 Å². The minimum absolute atomic E-state index is 0.000261. The summed E-state index contributed by atoms with van der Waals surface area (Å²) in [7, 11) is -4.14. The van der Waals surface area contributed by atoms with Crippen LogP contribution in [0.15, 0.2) is 72.8 Å². The molecule has 3 N–H and O–H groups in total. The Morgan fingerprint density at radius 2 is 1.67 bits per heavy atom. The van der Waals surface area contributed by atoms with Gasteiger partial charge < -0.3 is 10.6 Å². The number of nitrogens with one attached hydrogen (secondary N) is 2. The van der Waals surface area contributed by atoms with E-state index >= 15 is 0 Å². The molecule has 1 unspecified atom stereocenters. The third-order valence-electron chi connectivity index (χ3n) is 8.39. The zero-order chi connectivity index (χ0) is 30.4. The topological polar surface area (TPSA) is 125 Å². The summed E-state index contributed by atoms with van der Waals surface area (Å²) in [5.41, 5.74) is 4.08.